The molecule has 0 aliphatic carbocycles. The van der Waals surface area contributed by atoms with E-state index in [0.717, 1.165) is 0 Å². The van der Waals surface area contributed by atoms with Crippen molar-refractivity contribution in [1.29, 1.82) is 0 Å². The Morgan fingerprint density at radius 1 is 1.44 bits per heavy atom. The third kappa shape index (κ3) is 2.95. The molecule has 1 heterocycles. The second-order valence-corrected chi connectivity index (χ2v) is 4.86. The summed E-state index contributed by atoms with van der Waals surface area (Å²) in [5, 5.41) is 18.0. The molecule has 0 bridgehead atoms. The van der Waals surface area contributed by atoms with E-state index in [4.69, 9.17) is 4.74 Å². The topological polar surface area (TPSA) is 57.4 Å². The minimum atomic E-state index is -1.000. The van der Waals surface area contributed by atoms with E-state index in [1.165, 1.54) is 0 Å². The molecule has 0 spiro atoms. The minimum Gasteiger partial charge on any atom is -0.459 e. The number of rotatable bonds is 3. The van der Waals surface area contributed by atoms with Gasteiger partial charge < -0.3 is 9.84 Å². The molecular weight excluding hydrogens is 206 g/mol. The summed E-state index contributed by atoms with van der Waals surface area (Å²) >= 11 is 0. The summed E-state index contributed by atoms with van der Waals surface area (Å²) in [6, 6.07) is 0.502. The van der Waals surface area contributed by atoms with Crippen molar-refractivity contribution in [2.24, 2.45) is 16.1 Å². The zero-order valence-electron chi connectivity index (χ0n) is 10.6. The Labute approximate surface area is 96.8 Å². The fourth-order valence-electron chi connectivity index (χ4n) is 1.62. The van der Waals surface area contributed by atoms with Gasteiger partial charge in [0.1, 0.15) is 6.61 Å². The van der Waals surface area contributed by atoms with Gasteiger partial charge in [-0.05, 0) is 26.7 Å². The van der Waals surface area contributed by atoms with Crippen LogP contribution in [0.15, 0.2) is 10.2 Å². The lowest BCUT2D eigenvalue weighted by molar-refractivity contribution is -0.0542. The van der Waals surface area contributed by atoms with E-state index >= 15 is 0 Å². The second kappa shape index (κ2) is 4.82. The molecule has 1 atom stereocenters. The predicted octanol–water partition coefficient (Wildman–Crippen LogP) is 1.43. The fraction of sp³-hybridized carbons (Fsp3) is 0.818. The largest absolute Gasteiger partial charge is 0.459 e. The van der Waals surface area contributed by atoms with E-state index in [1.54, 1.807) is 18.0 Å². The molecule has 0 aromatic heterocycles. The van der Waals surface area contributed by atoms with Crippen LogP contribution < -0.4 is 0 Å². The van der Waals surface area contributed by atoms with Gasteiger partial charge in [0.25, 0.3) is 0 Å². The molecule has 0 saturated carbocycles. The Kier molecular flexibility index (Phi) is 3.91. The zero-order valence-corrected chi connectivity index (χ0v) is 10.6. The van der Waals surface area contributed by atoms with Gasteiger partial charge in [-0.1, -0.05) is 18.9 Å². The maximum absolute atomic E-state index is 10.1. The van der Waals surface area contributed by atoms with E-state index in [0.29, 0.717) is 11.9 Å². The van der Waals surface area contributed by atoms with Gasteiger partial charge in [-0.3, -0.25) is 4.90 Å². The van der Waals surface area contributed by atoms with Crippen molar-refractivity contribution in [2.45, 2.75) is 46.4 Å². The summed E-state index contributed by atoms with van der Waals surface area (Å²) < 4.78 is 5.34. The Balaban J connectivity index is 2.81. The Morgan fingerprint density at radius 2 is 2.06 bits per heavy atom. The smallest absolute Gasteiger partial charge is 0.314 e. The molecule has 0 amide bonds. The van der Waals surface area contributed by atoms with E-state index in [1.807, 2.05) is 27.7 Å². The van der Waals surface area contributed by atoms with Crippen LogP contribution >= 0.6 is 0 Å². The molecular formula is C11H21N3O2. The molecule has 1 N–H and O–H groups in total. The summed E-state index contributed by atoms with van der Waals surface area (Å²) in [7, 11) is 0. The fourth-order valence-corrected chi connectivity index (χ4v) is 1.62. The van der Waals surface area contributed by atoms with Crippen LogP contribution in [0.5, 0.6) is 0 Å². The van der Waals surface area contributed by atoms with Crippen LogP contribution in [0.4, 0.5) is 0 Å². The van der Waals surface area contributed by atoms with Gasteiger partial charge in [-0.2, -0.15) is 5.10 Å². The Bertz CT molecular complexity index is 296. The highest BCUT2D eigenvalue weighted by Gasteiger charge is 2.42. The standard InChI is InChI=1S/C11H21N3O2/c1-8(2)6-12-13-10-14(9(3)4)11(5,15)7-16-10/h6,8-9,15H,7H2,1-5H3/b12-6+,13-10-. The first-order chi connectivity index (χ1) is 7.34. The molecule has 1 aliphatic rings. The molecule has 1 saturated heterocycles. The third-order valence-corrected chi connectivity index (χ3v) is 2.22. The van der Waals surface area contributed by atoms with E-state index in [2.05, 4.69) is 10.2 Å². The van der Waals surface area contributed by atoms with Crippen LogP contribution in [0.3, 0.4) is 0 Å². The van der Waals surface area contributed by atoms with E-state index in [-0.39, 0.29) is 12.6 Å². The van der Waals surface area contributed by atoms with Crippen molar-refractivity contribution >= 4 is 12.2 Å². The molecule has 1 rings (SSSR count). The molecule has 16 heavy (non-hydrogen) atoms. The highest BCUT2D eigenvalue weighted by atomic mass is 16.5. The lowest BCUT2D eigenvalue weighted by Crippen LogP contribution is -2.48. The van der Waals surface area contributed by atoms with Crippen LogP contribution in [0.1, 0.15) is 34.6 Å². The van der Waals surface area contributed by atoms with Crippen LogP contribution in [0.2, 0.25) is 0 Å². The van der Waals surface area contributed by atoms with Crippen LogP contribution in [0.25, 0.3) is 0 Å². The highest BCUT2D eigenvalue weighted by molar-refractivity contribution is 5.77. The van der Waals surface area contributed by atoms with Crippen molar-refractivity contribution in [3.05, 3.63) is 0 Å². The average molecular weight is 227 g/mol. The lowest BCUT2D eigenvalue weighted by atomic mass is 10.2. The van der Waals surface area contributed by atoms with Crippen molar-refractivity contribution in [3.8, 4) is 0 Å². The Hall–Kier alpha value is -1.10. The first kappa shape index (κ1) is 13.0. The molecule has 5 heteroatoms. The zero-order chi connectivity index (χ0) is 12.3. The van der Waals surface area contributed by atoms with Crippen LogP contribution in [0, 0.1) is 5.92 Å². The van der Waals surface area contributed by atoms with Crippen molar-refractivity contribution < 1.29 is 9.84 Å². The third-order valence-electron chi connectivity index (χ3n) is 2.22. The summed E-state index contributed by atoms with van der Waals surface area (Å²) in [6.07, 6.45) is 1.74. The van der Waals surface area contributed by atoms with Crippen LogP contribution in [-0.2, 0) is 4.74 Å². The maximum atomic E-state index is 10.1. The summed E-state index contributed by atoms with van der Waals surface area (Å²) in [6.45, 7) is 9.93. The maximum Gasteiger partial charge on any atom is 0.314 e. The van der Waals surface area contributed by atoms with Gasteiger partial charge in [0, 0.05) is 12.3 Å². The number of aliphatic hydroxyl groups is 1. The highest BCUT2D eigenvalue weighted by Crippen LogP contribution is 2.23. The van der Waals surface area contributed by atoms with Gasteiger partial charge in [0.2, 0.25) is 0 Å². The number of nitrogens with zero attached hydrogens (tertiary/aromatic N) is 3. The number of ether oxygens (including phenoxy) is 1. The van der Waals surface area contributed by atoms with Gasteiger partial charge in [-0.25, -0.2) is 0 Å². The van der Waals surface area contributed by atoms with E-state index < -0.39 is 5.72 Å². The average Bonchev–Trinajstić information content (AvgIpc) is 2.40. The van der Waals surface area contributed by atoms with Crippen molar-refractivity contribution in [2.75, 3.05) is 6.61 Å². The molecule has 1 fully saturated rings. The van der Waals surface area contributed by atoms with Gasteiger partial charge >= 0.3 is 6.02 Å². The summed E-state index contributed by atoms with van der Waals surface area (Å²) in [5.74, 6) is 0.346. The SMILES string of the molecule is CC(C)/C=N/N=C1\OCC(C)(O)N1C(C)C. The summed E-state index contributed by atoms with van der Waals surface area (Å²) in [4.78, 5) is 1.73. The molecule has 1 unspecified atom stereocenters. The van der Waals surface area contributed by atoms with Gasteiger partial charge in [-0.15, -0.1) is 0 Å². The van der Waals surface area contributed by atoms with Crippen LogP contribution in [-0.4, -0.2) is 40.6 Å². The van der Waals surface area contributed by atoms with Crippen molar-refractivity contribution in [1.82, 2.24) is 4.90 Å². The van der Waals surface area contributed by atoms with E-state index in [9.17, 15) is 5.11 Å². The molecule has 0 aromatic carbocycles. The van der Waals surface area contributed by atoms with Gasteiger partial charge in [0.05, 0.1) is 0 Å². The first-order valence-corrected chi connectivity index (χ1v) is 5.60. The Morgan fingerprint density at radius 3 is 2.56 bits per heavy atom. The predicted molar refractivity (Wildman–Crippen MR) is 64.3 cm³/mol. The molecule has 0 radical (unpaired) electrons. The normalized spacial score (nSPS) is 28.8. The molecule has 1 aliphatic heterocycles. The molecule has 5 nitrogen and oxygen atoms in total. The number of hydrogen-bond acceptors (Lipinski definition) is 4. The second-order valence-electron chi connectivity index (χ2n) is 4.86. The molecule has 0 aromatic rings. The number of hydrogen-bond donors (Lipinski definition) is 1. The minimum absolute atomic E-state index is 0.116. The number of amidine groups is 1. The summed E-state index contributed by atoms with van der Waals surface area (Å²) in [5.41, 5.74) is -1.000. The first-order valence-electron chi connectivity index (χ1n) is 5.60. The molecule has 92 valence electrons. The quantitative estimate of drug-likeness (QED) is 0.586. The lowest BCUT2D eigenvalue weighted by Gasteiger charge is -2.31. The van der Waals surface area contributed by atoms with Gasteiger partial charge in [0.15, 0.2) is 5.72 Å². The monoisotopic (exact) mass is 227 g/mol. The van der Waals surface area contributed by atoms with Crippen molar-refractivity contribution in [3.63, 3.8) is 0 Å².